The van der Waals surface area contributed by atoms with E-state index in [0.717, 1.165) is 12.8 Å². The molecule has 0 saturated carbocycles. The average Bonchev–Trinajstić information content (AvgIpc) is 2.30. The Labute approximate surface area is 106 Å². The molecule has 0 aliphatic carbocycles. The summed E-state index contributed by atoms with van der Waals surface area (Å²) in [5, 5.41) is 0.452. The molecule has 0 aliphatic rings. The molecular weight excluding hydrogens is 240 g/mol. The van der Waals surface area contributed by atoms with Crippen LogP contribution in [0.25, 0.3) is 0 Å². The van der Waals surface area contributed by atoms with E-state index < -0.39 is 0 Å². The van der Waals surface area contributed by atoms with Crippen molar-refractivity contribution >= 4 is 17.5 Å². The van der Waals surface area contributed by atoms with Gasteiger partial charge >= 0.3 is 0 Å². The third-order valence-corrected chi connectivity index (χ3v) is 2.75. The van der Waals surface area contributed by atoms with Gasteiger partial charge in [0.05, 0.1) is 5.02 Å². The van der Waals surface area contributed by atoms with E-state index >= 15 is 0 Å². The number of rotatable bonds is 5. The van der Waals surface area contributed by atoms with Crippen LogP contribution in [0.5, 0.6) is 0 Å². The number of carbonyl (C=O) groups is 1. The normalized spacial score (nSPS) is 10.3. The highest BCUT2D eigenvalue weighted by Crippen LogP contribution is 2.03. The number of amides is 1. The van der Waals surface area contributed by atoms with Crippen molar-refractivity contribution < 1.29 is 4.79 Å². The molecule has 0 spiro atoms. The van der Waals surface area contributed by atoms with Crippen LogP contribution in [0.3, 0.4) is 0 Å². The summed E-state index contributed by atoms with van der Waals surface area (Å²) in [5.74, 6) is -0.0807. The predicted octanol–water partition coefficient (Wildman–Crippen LogP) is 1.76. The maximum atomic E-state index is 11.8. The highest BCUT2D eigenvalue weighted by Gasteiger charge is 2.09. The van der Waals surface area contributed by atoms with Gasteiger partial charge in [-0.25, -0.2) is 0 Å². The lowest BCUT2D eigenvalue weighted by molar-refractivity contribution is -0.130. The fourth-order valence-electron chi connectivity index (χ4n) is 1.41. The summed E-state index contributed by atoms with van der Waals surface area (Å²) in [6, 6.07) is 2.88. The molecule has 4 nitrogen and oxygen atoms in total. The molecule has 0 atom stereocenters. The van der Waals surface area contributed by atoms with Gasteiger partial charge in [-0.15, -0.1) is 0 Å². The molecule has 1 rings (SSSR count). The summed E-state index contributed by atoms with van der Waals surface area (Å²) in [4.78, 5) is 24.9. The van der Waals surface area contributed by atoms with Crippen LogP contribution in [0.15, 0.2) is 23.1 Å². The van der Waals surface area contributed by atoms with Crippen LogP contribution in [-0.2, 0) is 11.3 Å². The lowest BCUT2D eigenvalue weighted by Gasteiger charge is -2.17. The predicted molar refractivity (Wildman–Crippen MR) is 68.3 cm³/mol. The third kappa shape index (κ3) is 4.23. The summed E-state index contributed by atoms with van der Waals surface area (Å²) in [7, 11) is 1.74. The van der Waals surface area contributed by atoms with Crippen molar-refractivity contribution in [3.8, 4) is 0 Å². The van der Waals surface area contributed by atoms with Crippen LogP contribution >= 0.6 is 11.6 Å². The first-order valence-corrected chi connectivity index (χ1v) is 6.02. The van der Waals surface area contributed by atoms with Crippen LogP contribution in [0.1, 0.15) is 19.8 Å². The summed E-state index contributed by atoms with van der Waals surface area (Å²) in [5.41, 5.74) is -0.216. The maximum Gasteiger partial charge on any atom is 0.251 e. The van der Waals surface area contributed by atoms with Gasteiger partial charge in [-0.2, -0.15) is 0 Å². The molecule has 1 aromatic heterocycles. The van der Waals surface area contributed by atoms with E-state index in [4.69, 9.17) is 11.6 Å². The number of nitrogens with zero attached hydrogens (tertiary/aromatic N) is 2. The van der Waals surface area contributed by atoms with Gasteiger partial charge in [-0.05, 0) is 12.5 Å². The maximum absolute atomic E-state index is 11.8. The standard InChI is InChI=1S/C12H17ClN2O2/c1-3-4-7-14(2)12(17)9-15-8-10(13)5-6-11(15)16/h5-6,8H,3-4,7,9H2,1-2H3. The molecular formula is C12H17ClN2O2. The van der Waals surface area contributed by atoms with Crippen LogP contribution in [0.4, 0.5) is 0 Å². The van der Waals surface area contributed by atoms with E-state index in [1.807, 2.05) is 0 Å². The fraction of sp³-hybridized carbons (Fsp3) is 0.500. The van der Waals surface area contributed by atoms with Gasteiger partial charge in [0, 0.05) is 25.9 Å². The van der Waals surface area contributed by atoms with Gasteiger partial charge in [0.25, 0.3) is 5.56 Å². The quantitative estimate of drug-likeness (QED) is 0.806. The average molecular weight is 257 g/mol. The van der Waals surface area contributed by atoms with Crippen LogP contribution in [-0.4, -0.2) is 29.0 Å². The minimum atomic E-state index is -0.216. The molecule has 1 heterocycles. The highest BCUT2D eigenvalue weighted by molar-refractivity contribution is 6.30. The Kier molecular flexibility index (Phi) is 5.22. The molecule has 17 heavy (non-hydrogen) atoms. The van der Waals surface area contributed by atoms with Gasteiger partial charge in [0.1, 0.15) is 6.54 Å². The van der Waals surface area contributed by atoms with Crippen LogP contribution in [0, 0.1) is 0 Å². The van der Waals surface area contributed by atoms with Crippen molar-refractivity contribution in [2.24, 2.45) is 0 Å². The Morgan fingerprint density at radius 3 is 2.82 bits per heavy atom. The molecule has 0 N–H and O–H groups in total. The second-order valence-corrected chi connectivity index (χ2v) is 4.42. The van der Waals surface area contributed by atoms with Gasteiger partial charge in [0.2, 0.25) is 5.91 Å². The summed E-state index contributed by atoms with van der Waals surface area (Å²) in [6.45, 7) is 2.82. The lowest BCUT2D eigenvalue weighted by Crippen LogP contribution is -2.34. The Morgan fingerprint density at radius 1 is 1.47 bits per heavy atom. The van der Waals surface area contributed by atoms with E-state index in [-0.39, 0.29) is 18.0 Å². The Morgan fingerprint density at radius 2 is 2.18 bits per heavy atom. The molecule has 0 saturated heterocycles. The molecule has 0 bridgehead atoms. The molecule has 94 valence electrons. The molecule has 0 fully saturated rings. The van der Waals surface area contributed by atoms with E-state index in [9.17, 15) is 9.59 Å². The Bertz CT molecular complexity index is 442. The van der Waals surface area contributed by atoms with Crippen molar-refractivity contribution in [3.63, 3.8) is 0 Å². The zero-order valence-electron chi connectivity index (χ0n) is 10.1. The first-order valence-electron chi connectivity index (χ1n) is 5.64. The van der Waals surface area contributed by atoms with Crippen molar-refractivity contribution in [3.05, 3.63) is 33.7 Å². The number of aromatic nitrogens is 1. The van der Waals surface area contributed by atoms with E-state index in [2.05, 4.69) is 6.92 Å². The van der Waals surface area contributed by atoms with Crippen molar-refractivity contribution in [1.29, 1.82) is 0 Å². The minimum absolute atomic E-state index is 0.0413. The molecule has 0 unspecified atom stereocenters. The zero-order chi connectivity index (χ0) is 12.8. The molecule has 5 heteroatoms. The topological polar surface area (TPSA) is 42.3 Å². The fourth-order valence-corrected chi connectivity index (χ4v) is 1.59. The third-order valence-electron chi connectivity index (χ3n) is 2.53. The van der Waals surface area contributed by atoms with E-state index in [1.165, 1.54) is 22.9 Å². The van der Waals surface area contributed by atoms with Gasteiger partial charge in [-0.1, -0.05) is 24.9 Å². The number of hydrogen-bond donors (Lipinski definition) is 0. The van der Waals surface area contributed by atoms with E-state index in [1.54, 1.807) is 11.9 Å². The van der Waals surface area contributed by atoms with Crippen LogP contribution in [0.2, 0.25) is 5.02 Å². The Balaban J connectivity index is 2.67. The number of unbranched alkanes of at least 4 members (excludes halogenated alkanes) is 1. The largest absolute Gasteiger partial charge is 0.344 e. The molecule has 0 aromatic carbocycles. The summed E-state index contributed by atoms with van der Waals surface area (Å²) < 4.78 is 1.33. The van der Waals surface area contributed by atoms with Crippen molar-refractivity contribution in [1.82, 2.24) is 9.47 Å². The number of likely N-dealkylation sites (N-methyl/N-ethyl adjacent to an activating group) is 1. The second-order valence-electron chi connectivity index (χ2n) is 3.98. The summed E-state index contributed by atoms with van der Waals surface area (Å²) in [6.07, 6.45) is 3.48. The molecule has 1 amide bonds. The smallest absolute Gasteiger partial charge is 0.251 e. The van der Waals surface area contributed by atoms with Crippen LogP contribution < -0.4 is 5.56 Å². The van der Waals surface area contributed by atoms with Crippen molar-refractivity contribution in [2.45, 2.75) is 26.3 Å². The first-order chi connectivity index (χ1) is 8.04. The molecule has 0 radical (unpaired) electrons. The summed E-state index contributed by atoms with van der Waals surface area (Å²) >= 11 is 5.78. The molecule has 0 aliphatic heterocycles. The minimum Gasteiger partial charge on any atom is -0.344 e. The zero-order valence-corrected chi connectivity index (χ0v) is 10.9. The van der Waals surface area contributed by atoms with Crippen molar-refractivity contribution in [2.75, 3.05) is 13.6 Å². The van der Waals surface area contributed by atoms with Gasteiger partial charge in [0.15, 0.2) is 0 Å². The second kappa shape index (κ2) is 6.45. The number of halogens is 1. The molecule has 1 aromatic rings. The SMILES string of the molecule is CCCCN(C)C(=O)Cn1cc(Cl)ccc1=O. The number of hydrogen-bond acceptors (Lipinski definition) is 2. The monoisotopic (exact) mass is 256 g/mol. The first kappa shape index (κ1) is 13.8. The highest BCUT2D eigenvalue weighted by atomic mass is 35.5. The number of pyridine rings is 1. The lowest BCUT2D eigenvalue weighted by atomic mass is 10.3. The van der Waals surface area contributed by atoms with E-state index in [0.29, 0.717) is 11.6 Å². The number of carbonyl (C=O) groups excluding carboxylic acids is 1. The van der Waals surface area contributed by atoms with Gasteiger partial charge < -0.3 is 9.47 Å². The van der Waals surface area contributed by atoms with Gasteiger partial charge in [-0.3, -0.25) is 9.59 Å². The Hall–Kier alpha value is -1.29.